The van der Waals surface area contributed by atoms with Gasteiger partial charge in [-0.15, -0.1) is 0 Å². The molecule has 0 saturated carbocycles. The first-order valence-electron chi connectivity index (χ1n) is 3.49. The molecule has 1 N–H and O–H groups in total. The molecular weight excluding hydrogens is 228 g/mol. The second-order valence-electron chi connectivity index (χ2n) is 2.24. The molecule has 0 amide bonds. The van der Waals surface area contributed by atoms with Crippen molar-refractivity contribution in [3.8, 4) is 0 Å². The summed E-state index contributed by atoms with van der Waals surface area (Å²) in [6.07, 6.45) is 0. The summed E-state index contributed by atoms with van der Waals surface area (Å²) in [5.41, 5.74) is 0.321. The highest BCUT2D eigenvalue weighted by Crippen LogP contribution is 2.19. The van der Waals surface area contributed by atoms with Gasteiger partial charge in [0.15, 0.2) is 0 Å². The first kappa shape index (κ1) is 9.45. The molecule has 0 spiro atoms. The highest BCUT2D eigenvalue weighted by Gasteiger charge is 2.00. The number of hydrogen-bond donors (Lipinski definition) is 1. The number of halogens is 3. The SMILES string of the molecule is FCCNc1cc(Br)ccc1F. The normalized spacial score (nSPS) is 9.92. The van der Waals surface area contributed by atoms with Crippen molar-refractivity contribution in [3.05, 3.63) is 28.5 Å². The summed E-state index contributed by atoms with van der Waals surface area (Å²) in [4.78, 5) is 0. The molecule has 0 aromatic heterocycles. The minimum absolute atomic E-state index is 0.132. The molecule has 0 bridgehead atoms. The number of benzene rings is 1. The number of rotatable bonds is 3. The summed E-state index contributed by atoms with van der Waals surface area (Å²) >= 11 is 3.19. The molecule has 66 valence electrons. The third-order valence-corrected chi connectivity index (χ3v) is 1.83. The van der Waals surface area contributed by atoms with Crippen LogP contribution in [0.4, 0.5) is 14.5 Å². The van der Waals surface area contributed by atoms with Crippen LogP contribution in [0.5, 0.6) is 0 Å². The molecule has 0 saturated heterocycles. The van der Waals surface area contributed by atoms with E-state index in [1.807, 2.05) is 0 Å². The average Bonchev–Trinajstić information content (AvgIpc) is 2.07. The van der Waals surface area contributed by atoms with Crippen molar-refractivity contribution in [2.75, 3.05) is 18.5 Å². The highest BCUT2D eigenvalue weighted by molar-refractivity contribution is 9.10. The standard InChI is InChI=1S/C8H8BrF2N/c9-6-1-2-7(11)8(5-6)12-4-3-10/h1-2,5,12H,3-4H2. The van der Waals surface area contributed by atoms with Gasteiger partial charge in [-0.1, -0.05) is 15.9 Å². The van der Waals surface area contributed by atoms with Crippen molar-refractivity contribution < 1.29 is 8.78 Å². The van der Waals surface area contributed by atoms with Crippen LogP contribution in [-0.2, 0) is 0 Å². The lowest BCUT2D eigenvalue weighted by Crippen LogP contribution is -2.04. The van der Waals surface area contributed by atoms with Crippen LogP contribution < -0.4 is 5.32 Å². The first-order valence-corrected chi connectivity index (χ1v) is 4.28. The van der Waals surface area contributed by atoms with E-state index in [-0.39, 0.29) is 12.4 Å². The second-order valence-corrected chi connectivity index (χ2v) is 3.16. The fourth-order valence-corrected chi connectivity index (χ4v) is 1.18. The molecule has 0 aliphatic rings. The van der Waals surface area contributed by atoms with Crippen LogP contribution in [-0.4, -0.2) is 13.2 Å². The van der Waals surface area contributed by atoms with Crippen LogP contribution in [0.15, 0.2) is 22.7 Å². The highest BCUT2D eigenvalue weighted by atomic mass is 79.9. The molecule has 1 nitrogen and oxygen atoms in total. The molecule has 0 heterocycles. The first-order chi connectivity index (χ1) is 5.74. The maximum absolute atomic E-state index is 12.9. The average molecular weight is 236 g/mol. The molecule has 4 heteroatoms. The second kappa shape index (κ2) is 4.40. The van der Waals surface area contributed by atoms with Gasteiger partial charge in [0.25, 0.3) is 0 Å². The molecule has 1 aromatic carbocycles. The third-order valence-electron chi connectivity index (χ3n) is 1.34. The van der Waals surface area contributed by atoms with Crippen molar-refractivity contribution in [2.45, 2.75) is 0 Å². The Balaban J connectivity index is 2.75. The van der Waals surface area contributed by atoms with Crippen molar-refractivity contribution in [1.82, 2.24) is 0 Å². The molecule has 0 fully saturated rings. The number of anilines is 1. The van der Waals surface area contributed by atoms with Gasteiger partial charge in [-0.2, -0.15) is 0 Å². The number of hydrogen-bond acceptors (Lipinski definition) is 1. The zero-order valence-corrected chi connectivity index (χ0v) is 7.87. The third kappa shape index (κ3) is 2.44. The van der Waals surface area contributed by atoms with Gasteiger partial charge in [-0.25, -0.2) is 8.78 Å². The van der Waals surface area contributed by atoms with Gasteiger partial charge in [-0.05, 0) is 18.2 Å². The summed E-state index contributed by atoms with van der Waals surface area (Å²) in [5.74, 6) is -0.369. The lowest BCUT2D eigenvalue weighted by molar-refractivity contribution is 0.511. The zero-order valence-electron chi connectivity index (χ0n) is 6.28. The van der Waals surface area contributed by atoms with Crippen LogP contribution in [0.1, 0.15) is 0 Å². The minimum Gasteiger partial charge on any atom is -0.380 e. The molecule has 1 rings (SSSR count). The summed E-state index contributed by atoms with van der Waals surface area (Å²) in [5, 5.41) is 2.62. The Morgan fingerprint density at radius 1 is 1.42 bits per heavy atom. The molecule has 0 aliphatic heterocycles. The van der Waals surface area contributed by atoms with E-state index in [1.54, 1.807) is 12.1 Å². The maximum atomic E-state index is 12.9. The smallest absolute Gasteiger partial charge is 0.146 e. The summed E-state index contributed by atoms with van der Waals surface area (Å²) in [6, 6.07) is 4.49. The van der Waals surface area contributed by atoms with Gasteiger partial charge >= 0.3 is 0 Å². The molecule has 0 atom stereocenters. The number of nitrogens with one attached hydrogen (secondary N) is 1. The molecular formula is C8H8BrF2N. The Labute approximate surface area is 77.9 Å². The van der Waals surface area contributed by atoms with Crippen molar-refractivity contribution in [2.24, 2.45) is 0 Å². The predicted octanol–water partition coefficient (Wildman–Crippen LogP) is 2.97. The van der Waals surface area contributed by atoms with Gasteiger partial charge in [0, 0.05) is 11.0 Å². The van der Waals surface area contributed by atoms with Gasteiger partial charge in [0.1, 0.15) is 12.5 Å². The lowest BCUT2D eigenvalue weighted by atomic mass is 10.3. The Morgan fingerprint density at radius 3 is 2.83 bits per heavy atom. The van der Waals surface area contributed by atoms with Crippen LogP contribution in [0.2, 0.25) is 0 Å². The van der Waals surface area contributed by atoms with E-state index in [1.165, 1.54) is 6.07 Å². The van der Waals surface area contributed by atoms with Crippen LogP contribution in [0.25, 0.3) is 0 Å². The van der Waals surface area contributed by atoms with E-state index in [0.29, 0.717) is 5.69 Å². The van der Waals surface area contributed by atoms with Crippen molar-refractivity contribution in [3.63, 3.8) is 0 Å². The molecule has 0 unspecified atom stereocenters. The Morgan fingerprint density at radius 2 is 2.17 bits per heavy atom. The number of alkyl halides is 1. The van der Waals surface area contributed by atoms with E-state index < -0.39 is 6.67 Å². The monoisotopic (exact) mass is 235 g/mol. The van der Waals surface area contributed by atoms with Crippen LogP contribution >= 0.6 is 15.9 Å². The van der Waals surface area contributed by atoms with Crippen molar-refractivity contribution in [1.29, 1.82) is 0 Å². The van der Waals surface area contributed by atoms with Crippen LogP contribution in [0, 0.1) is 5.82 Å². The van der Waals surface area contributed by atoms with Gasteiger partial charge in [0.05, 0.1) is 5.69 Å². The molecule has 12 heavy (non-hydrogen) atoms. The van der Waals surface area contributed by atoms with Gasteiger partial charge in [0.2, 0.25) is 0 Å². The molecule has 0 radical (unpaired) electrons. The predicted molar refractivity (Wildman–Crippen MR) is 48.6 cm³/mol. The zero-order chi connectivity index (χ0) is 8.97. The fourth-order valence-electron chi connectivity index (χ4n) is 0.815. The fraction of sp³-hybridized carbons (Fsp3) is 0.250. The van der Waals surface area contributed by atoms with Gasteiger partial charge in [-0.3, -0.25) is 0 Å². The largest absolute Gasteiger partial charge is 0.380 e. The van der Waals surface area contributed by atoms with E-state index >= 15 is 0 Å². The van der Waals surface area contributed by atoms with Crippen molar-refractivity contribution >= 4 is 21.6 Å². The maximum Gasteiger partial charge on any atom is 0.146 e. The van der Waals surface area contributed by atoms with Gasteiger partial charge < -0.3 is 5.32 Å². The van der Waals surface area contributed by atoms with E-state index in [4.69, 9.17) is 0 Å². The van der Waals surface area contributed by atoms with Crippen LogP contribution in [0.3, 0.4) is 0 Å². The summed E-state index contributed by atoms with van der Waals surface area (Å²) in [7, 11) is 0. The van der Waals surface area contributed by atoms with E-state index in [9.17, 15) is 8.78 Å². The Hall–Kier alpha value is -0.640. The molecule has 1 aromatic rings. The Kier molecular flexibility index (Phi) is 3.47. The topological polar surface area (TPSA) is 12.0 Å². The summed E-state index contributed by atoms with van der Waals surface area (Å²) in [6.45, 7) is -0.376. The van der Waals surface area contributed by atoms with E-state index in [0.717, 1.165) is 4.47 Å². The lowest BCUT2D eigenvalue weighted by Gasteiger charge is -2.04. The summed E-state index contributed by atoms with van der Waals surface area (Å²) < 4.78 is 25.4. The minimum atomic E-state index is -0.508. The Bertz CT molecular complexity index is 265. The van der Waals surface area contributed by atoms with E-state index in [2.05, 4.69) is 21.2 Å². The molecule has 0 aliphatic carbocycles. The quantitative estimate of drug-likeness (QED) is 0.850.